The van der Waals surface area contributed by atoms with Crippen molar-refractivity contribution in [2.75, 3.05) is 0 Å². The predicted octanol–water partition coefficient (Wildman–Crippen LogP) is -0.221. The van der Waals surface area contributed by atoms with Crippen molar-refractivity contribution < 1.29 is 15.6 Å². The molecule has 0 unspecified atom stereocenters. The van der Waals surface area contributed by atoms with Crippen LogP contribution in [0.2, 0.25) is 0 Å². The first kappa shape index (κ1) is 15.7. The van der Waals surface area contributed by atoms with E-state index in [1.54, 1.807) is 0 Å². The normalized spacial score (nSPS) is 4.17. The fraction of sp³-hybridized carbons (Fsp3) is 0.500. The van der Waals surface area contributed by atoms with E-state index in [0.29, 0.717) is 0 Å². The summed E-state index contributed by atoms with van der Waals surface area (Å²) in [4.78, 5) is 9.00. The number of carboxylic acids is 1. The number of carbonyl (C=O) groups is 1. The molecule has 0 radical (unpaired) electrons. The molecule has 0 saturated heterocycles. The van der Waals surface area contributed by atoms with E-state index in [-0.39, 0.29) is 77.6 Å². The molecule has 0 aromatic heterocycles. The summed E-state index contributed by atoms with van der Waals surface area (Å²) >= 11 is 0. The van der Waals surface area contributed by atoms with Crippen molar-refractivity contribution >= 4 is 77.9 Å². The summed E-state index contributed by atoms with van der Waals surface area (Å²) in [7, 11) is 0. The minimum Gasteiger partial charge on any atom is -1.00 e. The summed E-state index contributed by atoms with van der Waals surface area (Å²) in [6.07, 6.45) is 0. The molecule has 0 fully saturated rings. The molecular weight excluding hydrogens is 218 g/mol. The first-order valence-electron chi connectivity index (χ1n) is 0.928. The Kier molecular flexibility index (Phi) is 25.9. The number of rotatable bonds is 0. The van der Waals surface area contributed by atoms with Crippen LogP contribution in [0.3, 0.4) is 0 Å². The maximum atomic E-state index is 9.00. The van der Waals surface area contributed by atoms with Crippen LogP contribution >= 0.6 is 0 Å². The summed E-state index contributed by atoms with van der Waals surface area (Å²) in [6.45, 7) is 1.08. The zero-order chi connectivity index (χ0) is 3.58. The van der Waals surface area contributed by atoms with Gasteiger partial charge in [-0.2, -0.15) is 0 Å². The van der Waals surface area contributed by atoms with Crippen LogP contribution in [0.15, 0.2) is 0 Å². The second-order valence-electron chi connectivity index (χ2n) is 0.519. The van der Waals surface area contributed by atoms with E-state index in [9.17, 15) is 0 Å². The van der Waals surface area contributed by atoms with Gasteiger partial charge >= 0.3 is 71.9 Å². The van der Waals surface area contributed by atoms with Crippen molar-refractivity contribution in [2.24, 2.45) is 0 Å². The summed E-state index contributed by atoms with van der Waals surface area (Å²) in [5, 5.41) is 7.42. The van der Waals surface area contributed by atoms with Crippen molar-refractivity contribution in [3.63, 3.8) is 0 Å². The molecule has 0 aliphatic carbocycles. The number of carboxylic acid groups (broad SMARTS) is 1. The molecule has 1 N–H and O–H groups in total. The van der Waals surface area contributed by atoms with Gasteiger partial charge in [0.15, 0.2) is 0 Å². The second-order valence-corrected chi connectivity index (χ2v) is 0.519. The Bertz CT molecular complexity index is 44.2. The zero-order valence-electron chi connectivity index (χ0n) is 7.77. The van der Waals surface area contributed by atoms with Crippen LogP contribution in [0.5, 0.6) is 0 Å². The van der Waals surface area contributed by atoms with Gasteiger partial charge in [-0.05, 0) is 0 Å². The Morgan fingerprint density at radius 3 is 1.83 bits per heavy atom. The van der Waals surface area contributed by atoms with Crippen LogP contribution in [-0.2, 0) is 4.79 Å². The van der Waals surface area contributed by atoms with Gasteiger partial charge < -0.3 is 10.8 Å². The number of hydrogen-bond acceptors (Lipinski definition) is 1. The summed E-state index contributed by atoms with van der Waals surface area (Å²) in [6, 6.07) is 0. The molecule has 0 heterocycles. The zero-order valence-corrected chi connectivity index (χ0v) is 9.62. The van der Waals surface area contributed by atoms with Crippen molar-refractivity contribution in [3.05, 3.63) is 0 Å². The molecule has 4 heteroatoms. The molecular formula is C2H8BaMgO2. The Balaban J connectivity index is -0.00000000300. The van der Waals surface area contributed by atoms with Gasteiger partial charge in [-0.3, -0.25) is 4.79 Å². The van der Waals surface area contributed by atoms with Crippen LogP contribution in [0, 0.1) is 0 Å². The monoisotopic (exact) mass is 226 g/mol. The van der Waals surface area contributed by atoms with Crippen molar-refractivity contribution in [1.82, 2.24) is 0 Å². The molecule has 0 saturated carbocycles. The van der Waals surface area contributed by atoms with E-state index >= 15 is 0 Å². The fourth-order valence-electron chi connectivity index (χ4n) is 0. The van der Waals surface area contributed by atoms with Gasteiger partial charge in [-0.25, -0.2) is 0 Å². The molecule has 0 rings (SSSR count). The first-order valence-corrected chi connectivity index (χ1v) is 0.928. The van der Waals surface area contributed by atoms with Gasteiger partial charge in [0.2, 0.25) is 0 Å². The average molecular weight is 226 g/mol. The number of aliphatic carboxylic acids is 1. The smallest absolute Gasteiger partial charge is 1.00 e. The third-order valence-electron chi connectivity index (χ3n) is 0. The third kappa shape index (κ3) is 41.1. The molecule has 0 amide bonds. The van der Waals surface area contributed by atoms with Crippen LogP contribution in [0.25, 0.3) is 0 Å². The topological polar surface area (TPSA) is 37.3 Å². The van der Waals surface area contributed by atoms with Crippen LogP contribution < -0.4 is 0 Å². The van der Waals surface area contributed by atoms with E-state index < -0.39 is 5.97 Å². The largest absolute Gasteiger partial charge is 2.00 e. The standard InChI is InChI=1S/C2H4O2.Ba.Mg.4H/c1-2(3)4;;;;;;/h1H3,(H,3,4);;;;;;/q;2*+2;4*-1. The Hall–Kier alpha value is 1.81. The fourth-order valence-corrected chi connectivity index (χ4v) is 0. The molecule has 0 aromatic rings. The molecule has 0 bridgehead atoms. The third-order valence-corrected chi connectivity index (χ3v) is 0. The minimum atomic E-state index is -0.833. The van der Waals surface area contributed by atoms with Crippen LogP contribution in [0.4, 0.5) is 0 Å². The molecule has 0 aliphatic rings. The minimum absolute atomic E-state index is 0. The van der Waals surface area contributed by atoms with E-state index in [1.165, 1.54) is 0 Å². The predicted molar refractivity (Wildman–Crippen MR) is 29.3 cm³/mol. The van der Waals surface area contributed by atoms with Gasteiger partial charge in [0, 0.05) is 6.92 Å². The van der Waals surface area contributed by atoms with Gasteiger partial charge in [0.1, 0.15) is 0 Å². The van der Waals surface area contributed by atoms with Crippen LogP contribution in [0.1, 0.15) is 12.6 Å². The number of hydrogen-bond donors (Lipinski definition) is 1. The maximum Gasteiger partial charge on any atom is 2.00 e. The SMILES string of the molecule is CC(=O)O.[Ba+2].[H-].[H-].[H-].[H-].[Mg+2]. The molecule has 2 nitrogen and oxygen atoms in total. The van der Waals surface area contributed by atoms with E-state index in [0.717, 1.165) is 6.92 Å². The van der Waals surface area contributed by atoms with Crippen molar-refractivity contribution in [3.8, 4) is 0 Å². The summed E-state index contributed by atoms with van der Waals surface area (Å²) in [5.41, 5.74) is 0. The van der Waals surface area contributed by atoms with Gasteiger partial charge in [-0.15, -0.1) is 0 Å². The first-order chi connectivity index (χ1) is 1.73. The molecule has 6 heavy (non-hydrogen) atoms. The summed E-state index contributed by atoms with van der Waals surface area (Å²) < 4.78 is 0. The molecule has 0 spiro atoms. The van der Waals surface area contributed by atoms with E-state index in [2.05, 4.69) is 0 Å². The molecule has 0 aliphatic heterocycles. The van der Waals surface area contributed by atoms with E-state index in [4.69, 9.17) is 9.90 Å². The van der Waals surface area contributed by atoms with Crippen LogP contribution in [-0.4, -0.2) is 83.0 Å². The van der Waals surface area contributed by atoms with Gasteiger partial charge in [0.05, 0.1) is 0 Å². The quantitative estimate of drug-likeness (QED) is 0.579. The van der Waals surface area contributed by atoms with Gasteiger partial charge in [-0.1, -0.05) is 0 Å². The Labute approximate surface area is 98.8 Å². The molecule has 0 atom stereocenters. The van der Waals surface area contributed by atoms with Crippen molar-refractivity contribution in [2.45, 2.75) is 6.92 Å². The van der Waals surface area contributed by atoms with Crippen molar-refractivity contribution in [1.29, 1.82) is 0 Å². The Morgan fingerprint density at radius 1 is 1.83 bits per heavy atom. The average Bonchev–Trinajstić information content (AvgIpc) is 0.811. The van der Waals surface area contributed by atoms with Gasteiger partial charge in [0.25, 0.3) is 5.97 Å². The second kappa shape index (κ2) is 9.93. The Morgan fingerprint density at radius 2 is 1.83 bits per heavy atom. The maximum absolute atomic E-state index is 9.00. The molecule has 32 valence electrons. The molecule has 0 aromatic carbocycles. The summed E-state index contributed by atoms with van der Waals surface area (Å²) in [5.74, 6) is -0.833. The van der Waals surface area contributed by atoms with E-state index in [1.807, 2.05) is 0 Å².